The molecule has 0 aliphatic carbocycles. The predicted octanol–water partition coefficient (Wildman–Crippen LogP) is 4.35. The smallest absolute Gasteiger partial charge is 0.337 e. The summed E-state index contributed by atoms with van der Waals surface area (Å²) in [6, 6.07) is 13.1. The summed E-state index contributed by atoms with van der Waals surface area (Å²) >= 11 is 6.27. The lowest BCUT2D eigenvalue weighted by Gasteiger charge is -2.10. The number of benzene rings is 2. The van der Waals surface area contributed by atoms with E-state index in [-0.39, 0.29) is 0 Å². The topological polar surface area (TPSA) is 42.2 Å². The minimum absolute atomic E-state index is 0.306. The first-order chi connectivity index (χ1) is 10.1. The van der Waals surface area contributed by atoms with E-state index in [1.807, 2.05) is 48.0 Å². The number of hydrogen-bond acceptors (Lipinski definition) is 1. The Labute approximate surface area is 127 Å². The standard InChI is InChI=1S/C17H14ClNO2/c1-11-5-6-13(15(18)9-11)10-19-8-7-12-3-2-4-14(16(12)19)17(20)21/h2-9H,10H2,1H3,(H,20,21). The Bertz CT molecular complexity index is 836. The Morgan fingerprint density at radius 1 is 1.24 bits per heavy atom. The molecule has 0 aliphatic heterocycles. The Balaban J connectivity index is 2.11. The van der Waals surface area contributed by atoms with Gasteiger partial charge in [-0.15, -0.1) is 0 Å². The van der Waals surface area contributed by atoms with Gasteiger partial charge in [0.15, 0.2) is 0 Å². The van der Waals surface area contributed by atoms with E-state index >= 15 is 0 Å². The first-order valence-electron chi connectivity index (χ1n) is 6.62. The molecule has 0 bridgehead atoms. The van der Waals surface area contributed by atoms with Gasteiger partial charge in [-0.25, -0.2) is 4.79 Å². The van der Waals surface area contributed by atoms with E-state index < -0.39 is 5.97 Å². The number of rotatable bonds is 3. The maximum atomic E-state index is 11.4. The van der Waals surface area contributed by atoms with Crippen molar-refractivity contribution in [2.24, 2.45) is 0 Å². The third-order valence-corrected chi connectivity index (χ3v) is 3.92. The monoisotopic (exact) mass is 299 g/mol. The van der Waals surface area contributed by atoms with E-state index in [1.54, 1.807) is 12.1 Å². The number of nitrogens with zero attached hydrogens (tertiary/aromatic N) is 1. The number of aryl methyl sites for hydroxylation is 1. The maximum Gasteiger partial charge on any atom is 0.337 e. The molecule has 3 nitrogen and oxygen atoms in total. The molecule has 0 fully saturated rings. The third-order valence-electron chi connectivity index (χ3n) is 3.57. The average Bonchev–Trinajstić information content (AvgIpc) is 2.85. The first-order valence-corrected chi connectivity index (χ1v) is 7.00. The summed E-state index contributed by atoms with van der Waals surface area (Å²) in [4.78, 5) is 11.4. The molecule has 0 saturated carbocycles. The van der Waals surface area contributed by atoms with Crippen LogP contribution in [0.2, 0.25) is 5.02 Å². The van der Waals surface area contributed by atoms with Crippen LogP contribution < -0.4 is 0 Å². The SMILES string of the molecule is Cc1ccc(Cn2ccc3cccc(C(=O)O)c32)c(Cl)c1. The van der Waals surface area contributed by atoms with Crippen molar-refractivity contribution in [3.63, 3.8) is 0 Å². The zero-order chi connectivity index (χ0) is 15.0. The molecule has 1 heterocycles. The molecule has 4 heteroatoms. The van der Waals surface area contributed by atoms with Gasteiger partial charge in [-0.05, 0) is 36.2 Å². The summed E-state index contributed by atoms with van der Waals surface area (Å²) in [5, 5.41) is 11.0. The van der Waals surface area contributed by atoms with E-state index in [2.05, 4.69) is 0 Å². The molecule has 0 saturated heterocycles. The second-order valence-electron chi connectivity index (χ2n) is 5.09. The highest BCUT2D eigenvalue weighted by molar-refractivity contribution is 6.31. The van der Waals surface area contributed by atoms with Gasteiger partial charge in [0.05, 0.1) is 11.1 Å². The predicted molar refractivity (Wildman–Crippen MR) is 84.2 cm³/mol. The van der Waals surface area contributed by atoms with Crippen LogP contribution in [0.4, 0.5) is 0 Å². The number of aromatic nitrogens is 1. The third kappa shape index (κ3) is 2.52. The van der Waals surface area contributed by atoms with E-state index in [0.29, 0.717) is 17.1 Å². The molecule has 1 N–H and O–H groups in total. The van der Waals surface area contributed by atoms with Gasteiger partial charge in [-0.1, -0.05) is 35.9 Å². The van der Waals surface area contributed by atoms with E-state index in [1.165, 1.54) is 0 Å². The van der Waals surface area contributed by atoms with Crippen LogP contribution in [0, 0.1) is 6.92 Å². The molecule has 0 spiro atoms. The molecule has 3 rings (SSSR count). The second kappa shape index (κ2) is 5.26. The Kier molecular flexibility index (Phi) is 3.43. The molecule has 3 aromatic rings. The van der Waals surface area contributed by atoms with Crippen molar-refractivity contribution in [3.05, 3.63) is 70.4 Å². The zero-order valence-electron chi connectivity index (χ0n) is 11.5. The number of halogens is 1. The van der Waals surface area contributed by atoms with Crippen LogP contribution in [0.5, 0.6) is 0 Å². The van der Waals surface area contributed by atoms with Gasteiger partial charge in [-0.2, -0.15) is 0 Å². The van der Waals surface area contributed by atoms with Crippen molar-refractivity contribution in [2.75, 3.05) is 0 Å². The van der Waals surface area contributed by atoms with E-state index in [4.69, 9.17) is 11.6 Å². The molecule has 0 atom stereocenters. The van der Waals surface area contributed by atoms with Crippen molar-refractivity contribution in [1.82, 2.24) is 4.57 Å². The molecular weight excluding hydrogens is 286 g/mol. The van der Waals surface area contributed by atoms with Gasteiger partial charge in [0.25, 0.3) is 0 Å². The fraction of sp³-hybridized carbons (Fsp3) is 0.118. The molecule has 2 aromatic carbocycles. The summed E-state index contributed by atoms with van der Waals surface area (Å²) in [6.07, 6.45) is 1.90. The van der Waals surface area contributed by atoms with Crippen LogP contribution in [0.15, 0.2) is 48.7 Å². The Hall–Kier alpha value is -2.26. The number of carboxylic acids is 1. The Morgan fingerprint density at radius 3 is 2.76 bits per heavy atom. The fourth-order valence-electron chi connectivity index (χ4n) is 2.53. The minimum Gasteiger partial charge on any atom is -0.478 e. The van der Waals surface area contributed by atoms with Gasteiger partial charge in [0.2, 0.25) is 0 Å². The number of aromatic carboxylic acids is 1. The van der Waals surface area contributed by atoms with Crippen LogP contribution >= 0.6 is 11.6 Å². The quantitative estimate of drug-likeness (QED) is 0.781. The largest absolute Gasteiger partial charge is 0.478 e. The van der Waals surface area contributed by atoms with Crippen LogP contribution in [-0.4, -0.2) is 15.6 Å². The van der Waals surface area contributed by atoms with Crippen molar-refractivity contribution in [2.45, 2.75) is 13.5 Å². The second-order valence-corrected chi connectivity index (χ2v) is 5.49. The number of carbonyl (C=O) groups is 1. The molecule has 0 amide bonds. The molecule has 21 heavy (non-hydrogen) atoms. The lowest BCUT2D eigenvalue weighted by atomic mass is 10.1. The van der Waals surface area contributed by atoms with Crippen molar-refractivity contribution in [3.8, 4) is 0 Å². The van der Waals surface area contributed by atoms with Crippen LogP contribution in [0.25, 0.3) is 10.9 Å². The highest BCUT2D eigenvalue weighted by Crippen LogP contribution is 2.24. The fourth-order valence-corrected chi connectivity index (χ4v) is 2.82. The van der Waals surface area contributed by atoms with E-state index in [9.17, 15) is 9.90 Å². The van der Waals surface area contributed by atoms with E-state index in [0.717, 1.165) is 22.0 Å². The first kappa shape index (κ1) is 13.7. The lowest BCUT2D eigenvalue weighted by molar-refractivity contribution is 0.0698. The van der Waals surface area contributed by atoms with Crippen molar-refractivity contribution < 1.29 is 9.90 Å². The van der Waals surface area contributed by atoms with Crippen molar-refractivity contribution >= 4 is 28.5 Å². The molecule has 1 aromatic heterocycles. The Morgan fingerprint density at radius 2 is 2.05 bits per heavy atom. The number of hydrogen-bond donors (Lipinski definition) is 1. The average molecular weight is 300 g/mol. The molecule has 106 valence electrons. The van der Waals surface area contributed by atoms with Gasteiger partial charge >= 0.3 is 5.97 Å². The van der Waals surface area contributed by atoms with Crippen LogP contribution in [0.3, 0.4) is 0 Å². The van der Waals surface area contributed by atoms with Crippen LogP contribution in [0.1, 0.15) is 21.5 Å². The van der Waals surface area contributed by atoms with Crippen LogP contribution in [-0.2, 0) is 6.54 Å². The zero-order valence-corrected chi connectivity index (χ0v) is 12.3. The van der Waals surface area contributed by atoms with Gasteiger partial charge in [0, 0.05) is 23.2 Å². The number of para-hydroxylation sites is 1. The normalized spacial score (nSPS) is 11.0. The van der Waals surface area contributed by atoms with Gasteiger partial charge < -0.3 is 9.67 Å². The summed E-state index contributed by atoms with van der Waals surface area (Å²) in [5.74, 6) is -0.921. The summed E-state index contributed by atoms with van der Waals surface area (Å²) in [5.41, 5.74) is 3.11. The highest BCUT2D eigenvalue weighted by Gasteiger charge is 2.13. The summed E-state index contributed by atoms with van der Waals surface area (Å²) < 4.78 is 1.93. The maximum absolute atomic E-state index is 11.4. The van der Waals surface area contributed by atoms with Gasteiger partial charge in [0.1, 0.15) is 0 Å². The molecular formula is C17H14ClNO2. The van der Waals surface area contributed by atoms with Crippen molar-refractivity contribution in [1.29, 1.82) is 0 Å². The lowest BCUT2D eigenvalue weighted by Crippen LogP contribution is -2.04. The number of fused-ring (bicyclic) bond motifs is 1. The summed E-state index contributed by atoms with van der Waals surface area (Å²) in [6.45, 7) is 2.54. The highest BCUT2D eigenvalue weighted by atomic mass is 35.5. The minimum atomic E-state index is -0.921. The molecule has 0 unspecified atom stereocenters. The van der Waals surface area contributed by atoms with Gasteiger partial charge in [-0.3, -0.25) is 0 Å². The summed E-state index contributed by atoms with van der Waals surface area (Å²) in [7, 11) is 0. The number of carboxylic acid groups (broad SMARTS) is 1. The molecule has 0 radical (unpaired) electrons. The molecule has 0 aliphatic rings.